The number of rotatable bonds is 7. The van der Waals surface area contributed by atoms with Crippen LogP contribution in [0.5, 0.6) is 23.0 Å². The Bertz CT molecular complexity index is 961. The molecule has 0 aliphatic heterocycles. The van der Waals surface area contributed by atoms with Gasteiger partial charge in [-0.3, -0.25) is 10.1 Å². The number of hydrogen-bond donors (Lipinski definition) is 1. The maximum atomic E-state index is 12.7. The Morgan fingerprint density at radius 1 is 0.929 bits per heavy atom. The van der Waals surface area contributed by atoms with E-state index in [0.717, 1.165) is 17.0 Å². The number of hydrogen-bond acceptors (Lipinski definition) is 7. The number of nitrogens with one attached hydrogen (secondary N) is 1. The van der Waals surface area contributed by atoms with Crippen LogP contribution in [-0.4, -0.2) is 39.3 Å². The number of thiazole rings is 1. The standard InChI is InChI=1S/C20H20N2O5S/c1-24-15-8-6-5-7-13(15)14-11-28-20(21-14)22-19(23)12-9-16(25-2)18(27-4)17(10-12)26-3/h5-11H,1-4H3,(H,21,22,23). The van der Waals surface area contributed by atoms with Gasteiger partial charge in [-0.1, -0.05) is 12.1 Å². The summed E-state index contributed by atoms with van der Waals surface area (Å²) in [6.07, 6.45) is 0. The predicted octanol–water partition coefficient (Wildman–Crippen LogP) is 4.10. The molecule has 8 heteroatoms. The van der Waals surface area contributed by atoms with Crippen LogP contribution in [0.25, 0.3) is 11.3 Å². The zero-order chi connectivity index (χ0) is 20.1. The van der Waals surface area contributed by atoms with Gasteiger partial charge in [0.15, 0.2) is 16.6 Å². The van der Waals surface area contributed by atoms with Crippen LogP contribution in [0.15, 0.2) is 41.8 Å². The van der Waals surface area contributed by atoms with Crippen molar-refractivity contribution in [1.82, 2.24) is 4.98 Å². The lowest BCUT2D eigenvalue weighted by molar-refractivity contribution is 0.102. The van der Waals surface area contributed by atoms with E-state index in [1.807, 2.05) is 29.6 Å². The van der Waals surface area contributed by atoms with E-state index in [1.165, 1.54) is 32.7 Å². The van der Waals surface area contributed by atoms with Gasteiger partial charge in [0.05, 0.1) is 34.1 Å². The first-order valence-electron chi connectivity index (χ1n) is 8.31. The summed E-state index contributed by atoms with van der Waals surface area (Å²) in [6.45, 7) is 0. The Morgan fingerprint density at radius 2 is 1.57 bits per heavy atom. The summed E-state index contributed by atoms with van der Waals surface area (Å²) >= 11 is 1.33. The minimum Gasteiger partial charge on any atom is -0.496 e. The van der Waals surface area contributed by atoms with Crippen molar-refractivity contribution in [3.05, 3.63) is 47.3 Å². The van der Waals surface area contributed by atoms with E-state index in [4.69, 9.17) is 18.9 Å². The fourth-order valence-corrected chi connectivity index (χ4v) is 3.40. The number of aromatic nitrogens is 1. The third-order valence-electron chi connectivity index (χ3n) is 4.03. The molecular formula is C20H20N2O5S. The Balaban J connectivity index is 1.85. The average Bonchev–Trinajstić information content (AvgIpc) is 3.20. The molecule has 28 heavy (non-hydrogen) atoms. The van der Waals surface area contributed by atoms with E-state index < -0.39 is 0 Å². The third kappa shape index (κ3) is 3.86. The van der Waals surface area contributed by atoms with Gasteiger partial charge < -0.3 is 18.9 Å². The summed E-state index contributed by atoms with van der Waals surface area (Å²) in [5, 5.41) is 5.14. The molecule has 3 aromatic rings. The highest BCUT2D eigenvalue weighted by atomic mass is 32.1. The average molecular weight is 400 g/mol. The maximum absolute atomic E-state index is 12.7. The molecule has 0 unspecified atom stereocenters. The van der Waals surface area contributed by atoms with Gasteiger partial charge in [0, 0.05) is 16.5 Å². The summed E-state index contributed by atoms with van der Waals surface area (Å²) in [5.74, 6) is 1.62. The first-order chi connectivity index (χ1) is 13.6. The minimum absolute atomic E-state index is 0.333. The monoisotopic (exact) mass is 400 g/mol. The number of methoxy groups -OCH3 is 4. The second-order valence-electron chi connectivity index (χ2n) is 5.61. The zero-order valence-corrected chi connectivity index (χ0v) is 16.8. The van der Waals surface area contributed by atoms with Crippen LogP contribution in [0.3, 0.4) is 0 Å². The lowest BCUT2D eigenvalue weighted by Gasteiger charge is -2.13. The summed E-state index contributed by atoms with van der Waals surface area (Å²) < 4.78 is 21.2. The van der Waals surface area contributed by atoms with Gasteiger partial charge in [0.1, 0.15) is 5.75 Å². The van der Waals surface area contributed by atoms with Crippen molar-refractivity contribution < 1.29 is 23.7 Å². The summed E-state index contributed by atoms with van der Waals surface area (Å²) in [6, 6.07) is 10.8. The van der Waals surface area contributed by atoms with E-state index >= 15 is 0 Å². The van der Waals surface area contributed by atoms with Crippen molar-refractivity contribution in [2.24, 2.45) is 0 Å². The lowest BCUT2D eigenvalue weighted by atomic mass is 10.1. The van der Waals surface area contributed by atoms with Gasteiger partial charge in [0.25, 0.3) is 5.91 Å². The molecule has 1 aromatic heterocycles. The van der Waals surface area contributed by atoms with Crippen LogP contribution in [0.4, 0.5) is 5.13 Å². The van der Waals surface area contributed by atoms with Crippen molar-refractivity contribution in [2.45, 2.75) is 0 Å². The minimum atomic E-state index is -0.333. The maximum Gasteiger partial charge on any atom is 0.257 e. The molecule has 0 saturated carbocycles. The Kier molecular flexibility index (Phi) is 6.00. The second-order valence-corrected chi connectivity index (χ2v) is 6.46. The molecule has 1 amide bonds. The van der Waals surface area contributed by atoms with Crippen molar-refractivity contribution in [3.63, 3.8) is 0 Å². The van der Waals surface area contributed by atoms with E-state index in [9.17, 15) is 4.79 Å². The Labute approximate surface area is 166 Å². The molecule has 0 fully saturated rings. The van der Waals surface area contributed by atoms with Gasteiger partial charge in [-0.15, -0.1) is 11.3 Å². The van der Waals surface area contributed by atoms with Gasteiger partial charge in [0.2, 0.25) is 5.75 Å². The van der Waals surface area contributed by atoms with Crippen LogP contribution in [0.2, 0.25) is 0 Å². The molecule has 0 spiro atoms. The van der Waals surface area contributed by atoms with Crippen LogP contribution in [0.1, 0.15) is 10.4 Å². The molecule has 1 N–H and O–H groups in total. The number of benzene rings is 2. The molecule has 0 aliphatic carbocycles. The number of ether oxygens (including phenoxy) is 4. The second kappa shape index (κ2) is 8.62. The van der Waals surface area contributed by atoms with Crippen molar-refractivity contribution in [2.75, 3.05) is 33.8 Å². The molecule has 0 saturated heterocycles. The highest BCUT2D eigenvalue weighted by molar-refractivity contribution is 7.14. The number of amides is 1. The largest absolute Gasteiger partial charge is 0.496 e. The molecule has 0 radical (unpaired) electrons. The molecule has 1 heterocycles. The highest BCUT2D eigenvalue weighted by Gasteiger charge is 2.18. The van der Waals surface area contributed by atoms with E-state index in [0.29, 0.717) is 27.9 Å². The third-order valence-corrected chi connectivity index (χ3v) is 4.79. The number of carbonyl (C=O) groups is 1. The molecule has 146 valence electrons. The van der Waals surface area contributed by atoms with Crippen molar-refractivity contribution in [3.8, 4) is 34.3 Å². The number of para-hydroxylation sites is 1. The molecule has 0 atom stereocenters. The summed E-state index contributed by atoms with van der Waals surface area (Å²) in [7, 11) is 6.12. The van der Waals surface area contributed by atoms with Crippen molar-refractivity contribution >= 4 is 22.4 Å². The first kappa shape index (κ1) is 19.5. The zero-order valence-electron chi connectivity index (χ0n) is 15.9. The molecule has 2 aromatic carbocycles. The van der Waals surface area contributed by atoms with E-state index in [1.54, 1.807) is 19.2 Å². The summed E-state index contributed by atoms with van der Waals surface area (Å²) in [4.78, 5) is 17.2. The highest BCUT2D eigenvalue weighted by Crippen LogP contribution is 2.38. The normalized spacial score (nSPS) is 10.3. The van der Waals surface area contributed by atoms with Crippen LogP contribution < -0.4 is 24.3 Å². The molecule has 3 rings (SSSR count). The lowest BCUT2D eigenvalue weighted by Crippen LogP contribution is -2.12. The topological polar surface area (TPSA) is 78.9 Å². The van der Waals surface area contributed by atoms with Crippen LogP contribution in [-0.2, 0) is 0 Å². The predicted molar refractivity (Wildman–Crippen MR) is 108 cm³/mol. The Hall–Kier alpha value is -3.26. The summed E-state index contributed by atoms with van der Waals surface area (Å²) in [5.41, 5.74) is 1.95. The van der Waals surface area contributed by atoms with Gasteiger partial charge in [-0.05, 0) is 24.3 Å². The fourth-order valence-electron chi connectivity index (χ4n) is 2.69. The molecule has 7 nitrogen and oxygen atoms in total. The molecular weight excluding hydrogens is 380 g/mol. The molecule has 0 aliphatic rings. The van der Waals surface area contributed by atoms with E-state index in [2.05, 4.69) is 10.3 Å². The van der Waals surface area contributed by atoms with Crippen LogP contribution in [0, 0.1) is 0 Å². The van der Waals surface area contributed by atoms with Gasteiger partial charge >= 0.3 is 0 Å². The van der Waals surface area contributed by atoms with Gasteiger partial charge in [-0.25, -0.2) is 4.98 Å². The fraction of sp³-hybridized carbons (Fsp3) is 0.200. The number of carbonyl (C=O) groups excluding carboxylic acids is 1. The van der Waals surface area contributed by atoms with Crippen molar-refractivity contribution in [1.29, 1.82) is 0 Å². The first-order valence-corrected chi connectivity index (χ1v) is 9.19. The number of nitrogens with zero attached hydrogens (tertiary/aromatic N) is 1. The quantitative estimate of drug-likeness (QED) is 0.643. The Morgan fingerprint density at radius 3 is 2.18 bits per heavy atom. The SMILES string of the molecule is COc1ccccc1-c1csc(NC(=O)c2cc(OC)c(OC)c(OC)c2)n1. The van der Waals surface area contributed by atoms with Gasteiger partial charge in [-0.2, -0.15) is 0 Å². The number of anilines is 1. The smallest absolute Gasteiger partial charge is 0.257 e. The van der Waals surface area contributed by atoms with E-state index in [-0.39, 0.29) is 5.91 Å². The van der Waals surface area contributed by atoms with Crippen LogP contribution >= 0.6 is 11.3 Å². The molecule has 0 bridgehead atoms.